The Balaban J connectivity index is 0. The Morgan fingerprint density at radius 2 is 1.29 bits per heavy atom. The predicted molar refractivity (Wildman–Crippen MR) is 105 cm³/mol. The van der Waals surface area contributed by atoms with E-state index in [0.717, 1.165) is 4.47 Å². The minimum absolute atomic E-state index is 1.13. The summed E-state index contributed by atoms with van der Waals surface area (Å²) < 4.78 is 1.13. The van der Waals surface area contributed by atoms with Crippen LogP contribution in [0.4, 0.5) is 0 Å². The summed E-state index contributed by atoms with van der Waals surface area (Å²) in [5.41, 5.74) is 0. The van der Waals surface area contributed by atoms with Gasteiger partial charge in [0.15, 0.2) is 0 Å². The molecule has 8 heteroatoms. The number of rotatable bonds is 1. The van der Waals surface area contributed by atoms with Crippen molar-refractivity contribution in [1.29, 1.82) is 0 Å². The molecule has 0 aliphatic carbocycles. The van der Waals surface area contributed by atoms with E-state index < -0.39 is 11.4 Å². The molecular weight excluding hydrogens is 412 g/mol. The molecule has 0 saturated heterocycles. The average molecular weight is 428 g/mol. The standard InChI is InChI=1S/C6H5Br.C2H6.CH4S7/c7-6-4-2-1-3-5-6;1-2;1-7(2,3)8(4,5)6/h1-5H;1-2H3;1H3,(H,4,5,6). The Morgan fingerprint density at radius 1 is 1.00 bits per heavy atom. The molecule has 0 unspecified atom stereocenters. The summed E-state index contributed by atoms with van der Waals surface area (Å²) in [6.07, 6.45) is 0.140. The van der Waals surface area contributed by atoms with Crippen molar-refractivity contribution >= 4 is 83.7 Å². The van der Waals surface area contributed by atoms with Crippen LogP contribution in [0.3, 0.4) is 0 Å². The minimum Gasteiger partial charge on any atom is -0.0925 e. The molecule has 1 rings (SSSR count). The second kappa shape index (κ2) is 10.4. The second-order valence-electron chi connectivity index (χ2n) is 2.43. The summed E-state index contributed by atoms with van der Waals surface area (Å²) in [5.74, 6) is 0. The third-order valence-electron chi connectivity index (χ3n) is 1.12. The monoisotopic (exact) mass is 426 g/mol. The van der Waals surface area contributed by atoms with Gasteiger partial charge >= 0.3 is 0 Å². The Kier molecular flexibility index (Phi) is 12.8. The lowest BCUT2D eigenvalue weighted by molar-refractivity contribution is 1.50. The molecule has 1 aromatic rings. The van der Waals surface area contributed by atoms with Crippen LogP contribution in [0.15, 0.2) is 34.8 Å². The maximum atomic E-state index is 4.87. The second-order valence-corrected chi connectivity index (χ2v) is 23.8. The molecule has 0 saturated carbocycles. The van der Waals surface area contributed by atoms with Crippen LogP contribution in [-0.4, -0.2) is 6.26 Å². The van der Waals surface area contributed by atoms with Gasteiger partial charge in [-0.1, -0.05) is 59.6 Å². The fourth-order valence-electron chi connectivity index (χ4n) is 0.415. The molecule has 0 heterocycles. The first-order valence-electron chi connectivity index (χ1n) is 4.52. The van der Waals surface area contributed by atoms with Gasteiger partial charge in [-0.2, -0.15) is 0 Å². The summed E-state index contributed by atoms with van der Waals surface area (Å²) in [7, 11) is 0. The third-order valence-corrected chi connectivity index (χ3v) is 20.9. The van der Waals surface area contributed by atoms with Gasteiger partial charge < -0.3 is 0 Å². The number of halogens is 1. The number of hydrogen-bond donors (Lipinski definition) is 1. The van der Waals surface area contributed by atoms with E-state index in [1.54, 1.807) is 6.26 Å². The lowest BCUT2D eigenvalue weighted by Gasteiger charge is -2.02. The highest BCUT2D eigenvalue weighted by Gasteiger charge is 1.99. The van der Waals surface area contributed by atoms with Crippen LogP contribution in [0, 0.1) is 0 Å². The van der Waals surface area contributed by atoms with Crippen LogP contribution < -0.4 is 0 Å². The smallest absolute Gasteiger partial charge is 0.0175 e. The van der Waals surface area contributed by atoms with Crippen molar-refractivity contribution in [3.05, 3.63) is 34.8 Å². The summed E-state index contributed by atoms with van der Waals surface area (Å²) >= 11 is 26.7. The van der Waals surface area contributed by atoms with Gasteiger partial charge in [-0.3, -0.25) is 0 Å². The normalized spacial score (nSPS) is 10.4. The SMILES string of the molecule is Brc1ccccc1.CC.CS(=S)(=S)S(=S)(=S)S. The largest absolute Gasteiger partial charge is 0.0925 e. The Morgan fingerprint density at radius 3 is 1.41 bits per heavy atom. The fraction of sp³-hybridized carbons (Fsp3) is 0.333. The molecule has 0 atom stereocenters. The maximum absolute atomic E-state index is 4.87. The average Bonchev–Trinajstić information content (AvgIpc) is 2.20. The van der Waals surface area contributed by atoms with Gasteiger partial charge in [0.2, 0.25) is 0 Å². The Labute approximate surface area is 137 Å². The van der Waals surface area contributed by atoms with Crippen molar-refractivity contribution in [2.45, 2.75) is 13.8 Å². The molecule has 0 bridgehead atoms. The van der Waals surface area contributed by atoms with Crippen molar-refractivity contribution in [2.24, 2.45) is 0 Å². The van der Waals surface area contributed by atoms with Crippen LogP contribution in [-0.2, 0) is 56.1 Å². The number of hydrogen-bond acceptors (Lipinski definition) is 4. The van der Waals surface area contributed by atoms with Gasteiger partial charge in [0.25, 0.3) is 0 Å². The minimum atomic E-state index is -1.77. The lowest BCUT2D eigenvalue weighted by atomic mass is 10.4. The van der Waals surface area contributed by atoms with Crippen LogP contribution >= 0.6 is 27.6 Å². The van der Waals surface area contributed by atoms with Crippen molar-refractivity contribution in [2.75, 3.05) is 6.26 Å². The zero-order valence-electron chi connectivity index (χ0n) is 9.66. The highest BCUT2D eigenvalue weighted by Crippen LogP contribution is 2.07. The van der Waals surface area contributed by atoms with Gasteiger partial charge in [-0.05, 0) is 63.1 Å². The molecule has 0 aliphatic rings. The summed E-state index contributed by atoms with van der Waals surface area (Å²) in [6.45, 7) is 4.00. The summed E-state index contributed by atoms with van der Waals surface area (Å²) in [4.78, 5) is 0. The highest BCUT2D eigenvalue weighted by atomic mass is 79.9. The first-order chi connectivity index (χ1) is 7.64. The molecular formula is C9H15BrS7. The molecule has 0 nitrogen and oxygen atoms in total. The molecule has 0 fully saturated rings. The Bertz CT molecular complexity index is 457. The lowest BCUT2D eigenvalue weighted by Crippen LogP contribution is -1.98. The molecule has 0 aliphatic heterocycles. The zero-order chi connectivity index (χ0) is 14.1. The predicted octanol–water partition coefficient (Wildman–Crippen LogP) is 4.01. The first-order valence-corrected chi connectivity index (χ1v) is 14.3. The molecule has 0 spiro atoms. The van der Waals surface area contributed by atoms with Gasteiger partial charge in [-0.25, -0.2) is 0 Å². The van der Waals surface area contributed by atoms with Crippen molar-refractivity contribution in [1.82, 2.24) is 0 Å². The number of benzene rings is 1. The topological polar surface area (TPSA) is 0 Å². The molecule has 100 valence electrons. The van der Waals surface area contributed by atoms with Gasteiger partial charge in [-0.15, -0.1) is 0 Å². The van der Waals surface area contributed by atoms with Crippen molar-refractivity contribution < 1.29 is 0 Å². The van der Waals surface area contributed by atoms with E-state index in [2.05, 4.69) is 27.6 Å². The van der Waals surface area contributed by atoms with Gasteiger partial charge in [0, 0.05) is 15.9 Å². The van der Waals surface area contributed by atoms with Gasteiger partial charge in [0.1, 0.15) is 0 Å². The van der Waals surface area contributed by atoms with E-state index in [4.69, 9.17) is 44.8 Å². The van der Waals surface area contributed by atoms with Crippen LogP contribution in [0.5, 0.6) is 0 Å². The van der Waals surface area contributed by atoms with Crippen molar-refractivity contribution in [3.63, 3.8) is 0 Å². The van der Waals surface area contributed by atoms with Crippen LogP contribution in [0.25, 0.3) is 0 Å². The van der Waals surface area contributed by atoms with Crippen LogP contribution in [0.2, 0.25) is 0 Å². The maximum Gasteiger partial charge on any atom is 0.0175 e. The van der Waals surface area contributed by atoms with Gasteiger partial charge in [0.05, 0.1) is 0 Å². The highest BCUT2D eigenvalue weighted by molar-refractivity contribution is 9.29. The van der Waals surface area contributed by atoms with E-state index in [0.29, 0.717) is 0 Å². The van der Waals surface area contributed by atoms with Crippen LogP contribution in [0.1, 0.15) is 13.8 Å². The van der Waals surface area contributed by atoms with E-state index >= 15 is 0 Å². The van der Waals surface area contributed by atoms with E-state index in [9.17, 15) is 0 Å². The summed E-state index contributed by atoms with van der Waals surface area (Å²) in [6, 6.07) is 9.97. The van der Waals surface area contributed by atoms with E-state index in [-0.39, 0.29) is 0 Å². The zero-order valence-corrected chi connectivity index (χ0v) is 17.0. The van der Waals surface area contributed by atoms with E-state index in [1.807, 2.05) is 44.2 Å². The Hall–Kier alpha value is 1.63. The number of thiol groups is 1. The third kappa shape index (κ3) is 12.4. The van der Waals surface area contributed by atoms with E-state index in [1.165, 1.54) is 0 Å². The van der Waals surface area contributed by atoms with Crippen molar-refractivity contribution in [3.8, 4) is 0 Å². The quantitative estimate of drug-likeness (QED) is 0.531. The molecule has 0 amide bonds. The molecule has 17 heavy (non-hydrogen) atoms. The molecule has 1 aromatic carbocycles. The summed E-state index contributed by atoms with van der Waals surface area (Å²) in [5, 5.41) is -1.77. The first kappa shape index (κ1) is 20.9. The molecule has 0 aromatic heterocycles. The molecule has 0 N–H and O–H groups in total. The molecule has 0 radical (unpaired) electrons. The fourth-order valence-corrected chi connectivity index (χ4v) is 0.720.